The van der Waals surface area contributed by atoms with E-state index in [2.05, 4.69) is 16.7 Å². The van der Waals surface area contributed by atoms with Gasteiger partial charge in [-0.05, 0) is 38.8 Å². The maximum atomic E-state index is 8.01. The molecule has 0 aromatic heterocycles. The predicted molar refractivity (Wildman–Crippen MR) is 63.4 cm³/mol. The molecule has 0 amide bonds. The molecule has 0 saturated carbocycles. The third-order valence-corrected chi connectivity index (χ3v) is 3.78. The van der Waals surface area contributed by atoms with E-state index >= 15 is 0 Å². The summed E-state index contributed by atoms with van der Waals surface area (Å²) >= 11 is 0. The molecule has 86 valence electrons. The van der Waals surface area contributed by atoms with Gasteiger partial charge in [0.05, 0.1) is 5.84 Å². The summed E-state index contributed by atoms with van der Waals surface area (Å²) in [6.07, 6.45) is 6.11. The monoisotopic (exact) mass is 209 g/mol. The Labute approximate surface area is 92.9 Å². The molecule has 2 aliphatic rings. The van der Waals surface area contributed by atoms with Crippen molar-refractivity contribution in [2.75, 3.05) is 26.2 Å². The zero-order chi connectivity index (χ0) is 10.7. The van der Waals surface area contributed by atoms with Crippen molar-refractivity contribution in [3.05, 3.63) is 0 Å². The molecular weight excluding hydrogens is 186 g/mol. The van der Waals surface area contributed by atoms with Crippen molar-refractivity contribution in [3.8, 4) is 0 Å². The lowest BCUT2D eigenvalue weighted by Crippen LogP contribution is -2.51. The number of likely N-dealkylation sites (N-methyl/N-ethyl adjacent to an activating group) is 1. The molecule has 0 aromatic rings. The fourth-order valence-corrected chi connectivity index (χ4v) is 2.83. The molecule has 3 nitrogen and oxygen atoms in total. The highest BCUT2D eigenvalue weighted by molar-refractivity contribution is 5.80. The maximum Gasteiger partial charge on any atom is 0.0960 e. The minimum absolute atomic E-state index is 0.631. The van der Waals surface area contributed by atoms with Crippen LogP contribution in [0, 0.1) is 5.41 Å². The summed E-state index contributed by atoms with van der Waals surface area (Å²) in [7, 11) is 0. The Hall–Kier alpha value is -0.570. The lowest BCUT2D eigenvalue weighted by molar-refractivity contribution is 0.139. The van der Waals surface area contributed by atoms with Gasteiger partial charge in [-0.1, -0.05) is 6.92 Å². The standard InChI is InChI=1S/C12H23N3/c1-2-14-8-5-6-11(10-14)15-9-4-3-7-12(15)13/h11,13H,2-10H2,1H3. The molecule has 0 aromatic carbocycles. The number of likely N-dealkylation sites (tertiary alicyclic amines) is 2. The Morgan fingerprint density at radius 1 is 1.27 bits per heavy atom. The van der Waals surface area contributed by atoms with Gasteiger partial charge in [0.25, 0.3) is 0 Å². The Morgan fingerprint density at radius 2 is 2.13 bits per heavy atom. The van der Waals surface area contributed by atoms with Crippen molar-refractivity contribution in [2.45, 2.75) is 45.1 Å². The van der Waals surface area contributed by atoms with Crippen molar-refractivity contribution < 1.29 is 0 Å². The average molecular weight is 209 g/mol. The van der Waals surface area contributed by atoms with E-state index < -0.39 is 0 Å². The van der Waals surface area contributed by atoms with Crippen molar-refractivity contribution in [1.82, 2.24) is 9.80 Å². The maximum absolute atomic E-state index is 8.01. The molecule has 0 radical (unpaired) electrons. The second kappa shape index (κ2) is 4.97. The summed E-state index contributed by atoms with van der Waals surface area (Å²) in [5.41, 5.74) is 0. The van der Waals surface area contributed by atoms with Crippen molar-refractivity contribution in [1.29, 1.82) is 5.41 Å². The number of amidine groups is 1. The molecule has 2 aliphatic heterocycles. The lowest BCUT2D eigenvalue weighted by atomic mass is 10.0. The lowest BCUT2D eigenvalue weighted by Gasteiger charge is -2.42. The molecule has 1 unspecified atom stereocenters. The van der Waals surface area contributed by atoms with Crippen LogP contribution in [0.3, 0.4) is 0 Å². The number of hydrogen-bond acceptors (Lipinski definition) is 2. The molecule has 1 N–H and O–H groups in total. The fraction of sp³-hybridized carbons (Fsp3) is 0.917. The molecule has 1 atom stereocenters. The quantitative estimate of drug-likeness (QED) is 0.753. The van der Waals surface area contributed by atoms with Crippen molar-refractivity contribution in [3.63, 3.8) is 0 Å². The molecule has 2 rings (SSSR count). The van der Waals surface area contributed by atoms with Crippen LogP contribution in [0.25, 0.3) is 0 Å². The minimum atomic E-state index is 0.631. The number of rotatable bonds is 2. The van der Waals surface area contributed by atoms with Crippen LogP contribution in [0.2, 0.25) is 0 Å². The van der Waals surface area contributed by atoms with E-state index in [-0.39, 0.29) is 0 Å². The SMILES string of the molecule is CCN1CCCC(N2CCCCC2=N)C1. The van der Waals surface area contributed by atoms with E-state index in [0.29, 0.717) is 6.04 Å². The van der Waals surface area contributed by atoms with Crippen LogP contribution < -0.4 is 0 Å². The smallest absolute Gasteiger partial charge is 0.0960 e. The Morgan fingerprint density at radius 3 is 2.87 bits per heavy atom. The van der Waals surface area contributed by atoms with Crippen LogP contribution in [-0.4, -0.2) is 47.9 Å². The number of nitrogens with one attached hydrogen (secondary N) is 1. The topological polar surface area (TPSA) is 30.3 Å². The van der Waals surface area contributed by atoms with Gasteiger partial charge in [0, 0.05) is 25.6 Å². The summed E-state index contributed by atoms with van der Waals surface area (Å²) in [6.45, 7) is 6.97. The Bertz CT molecular complexity index is 227. The second-order valence-electron chi connectivity index (χ2n) is 4.79. The molecule has 2 heterocycles. The third-order valence-electron chi connectivity index (χ3n) is 3.78. The zero-order valence-electron chi connectivity index (χ0n) is 9.84. The third kappa shape index (κ3) is 2.51. The summed E-state index contributed by atoms with van der Waals surface area (Å²) < 4.78 is 0. The molecule has 0 bridgehead atoms. The summed E-state index contributed by atoms with van der Waals surface area (Å²) in [5.74, 6) is 0.893. The first kappa shape index (κ1) is 10.9. The second-order valence-corrected chi connectivity index (χ2v) is 4.79. The van der Waals surface area contributed by atoms with E-state index in [9.17, 15) is 0 Å². The number of hydrogen-bond donors (Lipinski definition) is 1. The van der Waals surface area contributed by atoms with E-state index in [1.54, 1.807) is 0 Å². The van der Waals surface area contributed by atoms with Gasteiger partial charge in [0.1, 0.15) is 0 Å². The fourth-order valence-electron chi connectivity index (χ4n) is 2.83. The molecule has 0 aliphatic carbocycles. The minimum Gasteiger partial charge on any atom is -0.356 e. The largest absolute Gasteiger partial charge is 0.356 e. The molecule has 0 spiro atoms. The van der Waals surface area contributed by atoms with Gasteiger partial charge < -0.3 is 9.80 Å². The predicted octanol–water partition coefficient (Wildman–Crippen LogP) is 1.93. The van der Waals surface area contributed by atoms with Crippen LogP contribution in [0.4, 0.5) is 0 Å². The molecular formula is C12H23N3. The van der Waals surface area contributed by atoms with Crippen molar-refractivity contribution >= 4 is 5.84 Å². The van der Waals surface area contributed by atoms with Crippen LogP contribution in [0.5, 0.6) is 0 Å². The van der Waals surface area contributed by atoms with Crippen LogP contribution in [-0.2, 0) is 0 Å². The van der Waals surface area contributed by atoms with Crippen LogP contribution in [0.1, 0.15) is 39.0 Å². The Balaban J connectivity index is 1.93. The average Bonchev–Trinajstić information content (AvgIpc) is 2.30. The molecule has 2 fully saturated rings. The summed E-state index contributed by atoms with van der Waals surface area (Å²) in [6, 6.07) is 0.631. The van der Waals surface area contributed by atoms with Gasteiger partial charge >= 0.3 is 0 Å². The van der Waals surface area contributed by atoms with Gasteiger partial charge in [0.2, 0.25) is 0 Å². The van der Waals surface area contributed by atoms with Crippen LogP contribution in [0.15, 0.2) is 0 Å². The first-order valence-corrected chi connectivity index (χ1v) is 6.37. The Kier molecular flexibility index (Phi) is 3.62. The summed E-state index contributed by atoms with van der Waals surface area (Å²) in [4.78, 5) is 4.89. The zero-order valence-corrected chi connectivity index (χ0v) is 9.84. The van der Waals surface area contributed by atoms with Gasteiger partial charge in [-0.3, -0.25) is 5.41 Å². The highest BCUT2D eigenvalue weighted by atomic mass is 15.3. The highest BCUT2D eigenvalue weighted by Crippen LogP contribution is 2.20. The van der Waals surface area contributed by atoms with Gasteiger partial charge in [0.15, 0.2) is 0 Å². The van der Waals surface area contributed by atoms with Gasteiger partial charge in [-0.2, -0.15) is 0 Å². The van der Waals surface area contributed by atoms with Crippen molar-refractivity contribution in [2.24, 2.45) is 0 Å². The molecule has 2 saturated heterocycles. The molecule has 15 heavy (non-hydrogen) atoms. The highest BCUT2D eigenvalue weighted by Gasteiger charge is 2.27. The summed E-state index contributed by atoms with van der Waals surface area (Å²) in [5, 5.41) is 8.01. The van der Waals surface area contributed by atoms with Crippen LogP contribution >= 0.6 is 0 Å². The van der Waals surface area contributed by atoms with E-state index in [1.807, 2.05) is 0 Å². The van der Waals surface area contributed by atoms with Gasteiger partial charge in [-0.25, -0.2) is 0 Å². The first-order valence-electron chi connectivity index (χ1n) is 6.37. The van der Waals surface area contributed by atoms with Gasteiger partial charge in [-0.15, -0.1) is 0 Å². The number of nitrogens with zero attached hydrogens (tertiary/aromatic N) is 2. The van der Waals surface area contributed by atoms with E-state index in [1.165, 1.54) is 38.8 Å². The normalized spacial score (nSPS) is 29.5. The van der Waals surface area contributed by atoms with E-state index in [0.717, 1.165) is 25.3 Å². The number of piperidine rings is 2. The first-order chi connectivity index (χ1) is 7.31. The molecule has 3 heteroatoms. The van der Waals surface area contributed by atoms with E-state index in [4.69, 9.17) is 5.41 Å².